The van der Waals surface area contributed by atoms with Gasteiger partial charge in [-0.25, -0.2) is 0 Å². The zero-order chi connectivity index (χ0) is 31.4. The lowest BCUT2D eigenvalue weighted by molar-refractivity contribution is -0.195. The second-order valence-corrected chi connectivity index (χ2v) is 12.1. The van der Waals surface area contributed by atoms with Gasteiger partial charge in [-0.15, -0.1) is 0 Å². The Morgan fingerprint density at radius 2 is 1.20 bits per heavy atom. The Kier molecular flexibility index (Phi) is 12.6. The van der Waals surface area contributed by atoms with Crippen molar-refractivity contribution in [2.45, 2.75) is 76.6 Å². The standard InChI is InChI=1S/C37H45BrO6/c1-3-42-34(40)36(35(41)43-4-2,26-25-28-17-9-5-10-18-28)33(39)32(27-38)44-37(29-19-11-6-12-20-29,30-21-13-7-14-22-30)31-23-15-8-16-24-31/h6-8,11-16,19-24,28,32-33,39H,3-5,9-10,17-18,25-27H2,1-2H3. The fourth-order valence-electron chi connectivity index (χ4n) is 6.55. The van der Waals surface area contributed by atoms with Gasteiger partial charge in [-0.3, -0.25) is 9.59 Å². The predicted molar refractivity (Wildman–Crippen MR) is 175 cm³/mol. The first-order valence-corrected chi connectivity index (χ1v) is 17.0. The van der Waals surface area contributed by atoms with E-state index in [1.165, 1.54) is 6.42 Å². The van der Waals surface area contributed by atoms with Gasteiger partial charge >= 0.3 is 11.9 Å². The largest absolute Gasteiger partial charge is 0.465 e. The molecule has 0 amide bonds. The van der Waals surface area contributed by atoms with Gasteiger partial charge in [-0.2, -0.15) is 0 Å². The molecular formula is C37H45BrO6. The zero-order valence-corrected chi connectivity index (χ0v) is 27.4. The molecule has 2 atom stereocenters. The molecule has 3 aromatic rings. The number of rotatable bonds is 15. The van der Waals surface area contributed by atoms with Gasteiger partial charge in [-0.1, -0.05) is 139 Å². The molecule has 0 bridgehead atoms. The van der Waals surface area contributed by atoms with E-state index < -0.39 is 35.2 Å². The van der Waals surface area contributed by atoms with E-state index in [1.807, 2.05) is 91.0 Å². The van der Waals surface area contributed by atoms with Crippen molar-refractivity contribution in [2.75, 3.05) is 18.5 Å². The Labute approximate surface area is 270 Å². The van der Waals surface area contributed by atoms with Crippen LogP contribution in [0.15, 0.2) is 91.0 Å². The number of esters is 2. The summed E-state index contributed by atoms with van der Waals surface area (Å²) in [6, 6.07) is 29.5. The molecule has 7 heteroatoms. The molecule has 1 saturated carbocycles. The molecule has 2 unspecified atom stereocenters. The third-order valence-electron chi connectivity index (χ3n) is 8.83. The highest BCUT2D eigenvalue weighted by Gasteiger charge is 2.58. The summed E-state index contributed by atoms with van der Waals surface area (Å²) in [5, 5.41) is 12.5. The molecule has 3 aromatic carbocycles. The molecule has 1 fully saturated rings. The number of hydrogen-bond donors (Lipinski definition) is 1. The molecular weight excluding hydrogens is 620 g/mol. The second-order valence-electron chi connectivity index (χ2n) is 11.5. The Morgan fingerprint density at radius 3 is 1.59 bits per heavy atom. The number of carbonyl (C=O) groups excluding carboxylic acids is 2. The molecule has 1 aliphatic carbocycles. The van der Waals surface area contributed by atoms with Gasteiger partial charge < -0.3 is 19.3 Å². The van der Waals surface area contributed by atoms with Crippen LogP contribution in [0, 0.1) is 11.3 Å². The second kappa shape index (κ2) is 16.4. The highest BCUT2D eigenvalue weighted by atomic mass is 79.9. The van der Waals surface area contributed by atoms with Crippen LogP contribution in [0.4, 0.5) is 0 Å². The average Bonchev–Trinajstić information content (AvgIpc) is 3.07. The van der Waals surface area contributed by atoms with E-state index in [1.54, 1.807) is 13.8 Å². The van der Waals surface area contributed by atoms with Gasteiger partial charge in [0.25, 0.3) is 0 Å². The van der Waals surface area contributed by atoms with Crippen molar-refractivity contribution in [1.29, 1.82) is 0 Å². The highest BCUT2D eigenvalue weighted by Crippen LogP contribution is 2.45. The Hall–Kier alpha value is -3.00. The van der Waals surface area contributed by atoms with E-state index in [9.17, 15) is 14.7 Å². The summed E-state index contributed by atoms with van der Waals surface area (Å²) in [5.74, 6) is -1.19. The molecule has 0 aliphatic heterocycles. The van der Waals surface area contributed by atoms with Gasteiger partial charge in [0, 0.05) is 5.33 Å². The number of ether oxygens (including phenoxy) is 3. The van der Waals surface area contributed by atoms with Crippen molar-refractivity contribution in [3.8, 4) is 0 Å². The summed E-state index contributed by atoms with van der Waals surface area (Å²) in [5.41, 5.74) is -0.610. The minimum absolute atomic E-state index is 0.0674. The van der Waals surface area contributed by atoms with E-state index in [4.69, 9.17) is 14.2 Å². The lowest BCUT2D eigenvalue weighted by Gasteiger charge is -2.43. The molecule has 0 aromatic heterocycles. The Morgan fingerprint density at radius 1 is 0.773 bits per heavy atom. The first-order valence-electron chi connectivity index (χ1n) is 15.9. The first kappa shape index (κ1) is 33.9. The zero-order valence-electron chi connectivity index (χ0n) is 25.8. The van der Waals surface area contributed by atoms with Crippen molar-refractivity contribution >= 4 is 27.9 Å². The number of halogens is 1. The normalized spacial score (nSPS) is 15.7. The Bertz CT molecular complexity index is 1180. The number of aliphatic hydroxyl groups is 1. The van der Waals surface area contributed by atoms with Crippen LogP contribution in [0.2, 0.25) is 0 Å². The van der Waals surface area contributed by atoms with Crippen LogP contribution < -0.4 is 0 Å². The van der Waals surface area contributed by atoms with Crippen molar-refractivity contribution in [3.63, 3.8) is 0 Å². The van der Waals surface area contributed by atoms with E-state index in [2.05, 4.69) is 15.9 Å². The maximum atomic E-state index is 13.9. The molecule has 1 aliphatic rings. The van der Waals surface area contributed by atoms with Crippen LogP contribution in [0.1, 0.15) is 75.5 Å². The summed E-state index contributed by atoms with van der Waals surface area (Å²) in [6.45, 7) is 3.53. The molecule has 0 radical (unpaired) electrons. The molecule has 6 nitrogen and oxygen atoms in total. The summed E-state index contributed by atoms with van der Waals surface area (Å²) < 4.78 is 18.2. The predicted octanol–water partition coefficient (Wildman–Crippen LogP) is 7.59. The summed E-state index contributed by atoms with van der Waals surface area (Å²) >= 11 is 3.59. The molecule has 1 N–H and O–H groups in total. The quantitative estimate of drug-likeness (QED) is 0.0780. The van der Waals surface area contributed by atoms with Crippen LogP contribution >= 0.6 is 15.9 Å². The summed E-state index contributed by atoms with van der Waals surface area (Å²) in [7, 11) is 0. The van der Waals surface area contributed by atoms with Crippen molar-refractivity contribution in [1.82, 2.24) is 0 Å². The van der Waals surface area contributed by atoms with Crippen LogP contribution in [-0.2, 0) is 29.4 Å². The fraction of sp³-hybridized carbons (Fsp3) is 0.459. The monoisotopic (exact) mass is 664 g/mol. The number of aliphatic hydroxyl groups excluding tert-OH is 1. The minimum Gasteiger partial charge on any atom is -0.465 e. The summed E-state index contributed by atoms with van der Waals surface area (Å²) in [4.78, 5) is 27.9. The third kappa shape index (κ3) is 7.27. The number of alkyl halides is 1. The maximum Gasteiger partial charge on any atom is 0.326 e. The van der Waals surface area contributed by atoms with Gasteiger partial charge in [0.1, 0.15) is 11.7 Å². The first-order chi connectivity index (χ1) is 21.4. The molecule has 0 spiro atoms. The van der Waals surface area contributed by atoms with Gasteiger partial charge in [0.2, 0.25) is 0 Å². The Balaban J connectivity index is 1.86. The van der Waals surface area contributed by atoms with E-state index >= 15 is 0 Å². The van der Waals surface area contributed by atoms with Gasteiger partial charge in [0.15, 0.2) is 5.41 Å². The van der Waals surface area contributed by atoms with Crippen LogP contribution in [0.3, 0.4) is 0 Å². The number of carbonyl (C=O) groups is 2. The molecule has 0 saturated heterocycles. The SMILES string of the molecule is CCOC(=O)C(CCC1CCCCC1)(C(=O)OCC)C(O)C(CBr)OC(c1ccccc1)(c1ccccc1)c1ccccc1. The van der Waals surface area contributed by atoms with E-state index in [-0.39, 0.29) is 25.0 Å². The lowest BCUT2D eigenvalue weighted by Crippen LogP contribution is -2.57. The topological polar surface area (TPSA) is 82.1 Å². The average molecular weight is 666 g/mol. The van der Waals surface area contributed by atoms with Crippen molar-refractivity contribution < 1.29 is 28.9 Å². The van der Waals surface area contributed by atoms with Crippen LogP contribution in [0.5, 0.6) is 0 Å². The van der Waals surface area contributed by atoms with Crippen LogP contribution in [0.25, 0.3) is 0 Å². The number of benzene rings is 3. The minimum atomic E-state index is -1.96. The van der Waals surface area contributed by atoms with Gasteiger partial charge in [-0.05, 0) is 49.3 Å². The molecule has 44 heavy (non-hydrogen) atoms. The fourth-order valence-corrected chi connectivity index (χ4v) is 7.04. The molecule has 0 heterocycles. The third-order valence-corrected chi connectivity index (χ3v) is 9.47. The van der Waals surface area contributed by atoms with E-state index in [0.29, 0.717) is 12.3 Å². The smallest absolute Gasteiger partial charge is 0.326 e. The van der Waals surface area contributed by atoms with Crippen molar-refractivity contribution in [2.24, 2.45) is 11.3 Å². The van der Waals surface area contributed by atoms with Crippen LogP contribution in [-0.4, -0.2) is 47.8 Å². The highest BCUT2D eigenvalue weighted by molar-refractivity contribution is 9.09. The van der Waals surface area contributed by atoms with E-state index in [0.717, 1.165) is 42.4 Å². The van der Waals surface area contributed by atoms with Crippen molar-refractivity contribution in [3.05, 3.63) is 108 Å². The molecule has 236 valence electrons. The van der Waals surface area contributed by atoms with Gasteiger partial charge in [0.05, 0.1) is 19.3 Å². The summed E-state index contributed by atoms with van der Waals surface area (Å²) in [6.07, 6.45) is 3.64. The lowest BCUT2D eigenvalue weighted by atomic mass is 9.72. The number of hydrogen-bond acceptors (Lipinski definition) is 6. The molecule has 4 rings (SSSR count). The maximum absolute atomic E-state index is 13.9.